The zero-order valence-electron chi connectivity index (χ0n) is 29.1. The molecular weight excluding hydrogens is 668 g/mol. The third-order valence-corrected chi connectivity index (χ3v) is 7.51. The van der Waals surface area contributed by atoms with Crippen LogP contribution in [0, 0.1) is 5.92 Å². The summed E-state index contributed by atoms with van der Waals surface area (Å²) in [6.45, 7) is 4.88. The SMILES string of the molecule is CC(=O)N[C@H](Cc1ccc(O)cc1)C(=O)N[C@@H](C(=O)N[C@H](CC(=O)O)C(=O)N[C@H](CCCCN)C(=O)N[C@H](CCCN=C(N)N)C(N)=O)C(C)C. The number of benzene rings is 1. The van der Waals surface area contributed by atoms with E-state index in [0.717, 1.165) is 0 Å². The number of aliphatic carboxylic acids is 1. The Morgan fingerprint density at radius 1 is 0.725 bits per heavy atom. The van der Waals surface area contributed by atoms with Crippen LogP contribution in [0.2, 0.25) is 0 Å². The molecule has 1 rings (SSSR count). The Morgan fingerprint density at radius 3 is 1.80 bits per heavy atom. The maximum atomic E-state index is 13.5. The summed E-state index contributed by atoms with van der Waals surface area (Å²) in [6.07, 6.45) is 0.419. The molecule has 0 aliphatic rings. The molecule has 0 fully saturated rings. The molecule has 5 atom stereocenters. The van der Waals surface area contributed by atoms with Gasteiger partial charge in [-0.1, -0.05) is 26.0 Å². The summed E-state index contributed by atoms with van der Waals surface area (Å²) in [5.74, 6) is -6.95. The number of aromatic hydroxyl groups is 1. The number of hydrogen-bond acceptors (Lipinski definition) is 10. The molecule has 284 valence electrons. The number of carbonyl (C=O) groups is 7. The minimum Gasteiger partial charge on any atom is -0.508 e. The lowest BCUT2D eigenvalue weighted by molar-refractivity contribution is -0.141. The van der Waals surface area contributed by atoms with Gasteiger partial charge in [-0.25, -0.2) is 0 Å². The smallest absolute Gasteiger partial charge is 0.305 e. The van der Waals surface area contributed by atoms with Gasteiger partial charge in [0.25, 0.3) is 0 Å². The summed E-state index contributed by atoms with van der Waals surface area (Å²) in [5, 5.41) is 31.5. The summed E-state index contributed by atoms with van der Waals surface area (Å²) >= 11 is 0. The van der Waals surface area contributed by atoms with Gasteiger partial charge in [-0.05, 0) is 62.3 Å². The number of unbranched alkanes of at least 4 members (excludes halogenated alkanes) is 1. The van der Waals surface area contributed by atoms with Gasteiger partial charge in [0.2, 0.25) is 35.4 Å². The van der Waals surface area contributed by atoms with E-state index in [0.29, 0.717) is 24.8 Å². The molecule has 15 N–H and O–H groups in total. The van der Waals surface area contributed by atoms with Crippen molar-refractivity contribution < 1.29 is 43.8 Å². The molecular formula is C32H52N10O9. The van der Waals surface area contributed by atoms with Gasteiger partial charge in [0.1, 0.15) is 36.0 Å². The molecule has 51 heavy (non-hydrogen) atoms. The Hall–Kier alpha value is -5.46. The number of guanidine groups is 1. The quantitative estimate of drug-likeness (QED) is 0.0310. The van der Waals surface area contributed by atoms with Gasteiger partial charge >= 0.3 is 5.97 Å². The van der Waals surface area contributed by atoms with E-state index >= 15 is 0 Å². The summed E-state index contributed by atoms with van der Waals surface area (Å²) < 4.78 is 0. The summed E-state index contributed by atoms with van der Waals surface area (Å²) in [6, 6.07) is -0.549. The van der Waals surface area contributed by atoms with Gasteiger partial charge < -0.3 is 59.7 Å². The third kappa shape index (κ3) is 17.2. The third-order valence-electron chi connectivity index (χ3n) is 7.51. The van der Waals surface area contributed by atoms with Crippen molar-refractivity contribution in [2.45, 2.75) is 95.9 Å². The summed E-state index contributed by atoms with van der Waals surface area (Å²) in [7, 11) is 0. The zero-order valence-corrected chi connectivity index (χ0v) is 29.1. The minimum absolute atomic E-state index is 0.00382. The van der Waals surface area contributed by atoms with E-state index in [2.05, 4.69) is 31.6 Å². The van der Waals surface area contributed by atoms with Crippen molar-refractivity contribution >= 4 is 47.4 Å². The van der Waals surface area contributed by atoms with E-state index in [1.807, 2.05) is 0 Å². The van der Waals surface area contributed by atoms with Crippen LogP contribution in [0.15, 0.2) is 29.3 Å². The monoisotopic (exact) mass is 720 g/mol. The van der Waals surface area contributed by atoms with Crippen LogP contribution in [0.4, 0.5) is 0 Å². The molecule has 0 saturated heterocycles. The lowest BCUT2D eigenvalue weighted by Crippen LogP contribution is -2.60. The molecule has 19 nitrogen and oxygen atoms in total. The van der Waals surface area contributed by atoms with Crippen LogP contribution < -0.4 is 49.5 Å². The number of phenols is 1. The first-order valence-electron chi connectivity index (χ1n) is 16.5. The van der Waals surface area contributed by atoms with Crippen molar-refractivity contribution in [2.75, 3.05) is 13.1 Å². The van der Waals surface area contributed by atoms with Crippen LogP contribution in [0.25, 0.3) is 0 Å². The van der Waals surface area contributed by atoms with Gasteiger partial charge in [0.05, 0.1) is 6.42 Å². The standard InChI is InChI=1S/C32H52N10O9/c1-17(2)26(42-30(50)23(38-18(3)43)15-19-9-11-20(44)12-10-19)31(51)41-24(16-25(45)46)29(49)40-22(7-4-5-13-33)28(48)39-21(27(34)47)8-6-14-37-32(35)36/h9-12,17,21-24,26,44H,4-8,13-16,33H2,1-3H3,(H2,34,47)(H,38,43)(H,39,48)(H,40,49)(H,41,51)(H,42,50)(H,45,46)(H4,35,36,37)/t21-,22-,23-,24-,26-/m1/s1. The van der Waals surface area contributed by atoms with Gasteiger partial charge in [-0.3, -0.25) is 38.6 Å². The highest BCUT2D eigenvalue weighted by Gasteiger charge is 2.34. The van der Waals surface area contributed by atoms with Crippen LogP contribution in [0.5, 0.6) is 5.75 Å². The lowest BCUT2D eigenvalue weighted by Gasteiger charge is -2.28. The molecule has 19 heteroatoms. The Morgan fingerprint density at radius 2 is 1.27 bits per heavy atom. The van der Waals surface area contributed by atoms with Crippen molar-refractivity contribution in [3.63, 3.8) is 0 Å². The second-order valence-electron chi connectivity index (χ2n) is 12.3. The number of aliphatic imine (C=N–C) groups is 1. The number of hydrogen-bond donors (Lipinski definition) is 11. The highest BCUT2D eigenvalue weighted by Crippen LogP contribution is 2.13. The van der Waals surface area contributed by atoms with Crippen LogP contribution in [0.3, 0.4) is 0 Å². The second-order valence-corrected chi connectivity index (χ2v) is 12.3. The van der Waals surface area contributed by atoms with Gasteiger partial charge in [-0.15, -0.1) is 0 Å². The largest absolute Gasteiger partial charge is 0.508 e. The topological polar surface area (TPSA) is 337 Å². The van der Waals surface area contributed by atoms with E-state index in [9.17, 15) is 43.8 Å². The van der Waals surface area contributed by atoms with Gasteiger partial charge in [0.15, 0.2) is 5.96 Å². The summed E-state index contributed by atoms with van der Waals surface area (Å²) in [5.41, 5.74) is 22.3. The number of carbonyl (C=O) groups excluding carboxylic acids is 6. The average Bonchev–Trinajstić information content (AvgIpc) is 3.03. The predicted molar refractivity (Wildman–Crippen MR) is 186 cm³/mol. The Bertz CT molecular complexity index is 1380. The molecule has 0 bridgehead atoms. The number of amides is 6. The van der Waals surface area contributed by atoms with E-state index < -0.39 is 84.0 Å². The number of nitrogens with two attached hydrogens (primary N) is 4. The molecule has 0 spiro atoms. The molecule has 0 saturated carbocycles. The maximum Gasteiger partial charge on any atom is 0.305 e. The highest BCUT2D eigenvalue weighted by molar-refractivity contribution is 5.97. The first-order valence-corrected chi connectivity index (χ1v) is 16.5. The first-order chi connectivity index (χ1) is 23.9. The molecule has 0 unspecified atom stereocenters. The zero-order chi connectivity index (χ0) is 38.7. The normalized spacial score (nSPS) is 13.7. The number of nitrogens with zero attached hydrogens (tertiary/aromatic N) is 1. The first kappa shape index (κ1) is 43.6. The fourth-order valence-corrected chi connectivity index (χ4v) is 4.85. The van der Waals surface area contributed by atoms with Crippen LogP contribution in [-0.2, 0) is 40.0 Å². The van der Waals surface area contributed by atoms with Gasteiger partial charge in [0, 0.05) is 19.9 Å². The van der Waals surface area contributed by atoms with E-state index in [1.54, 1.807) is 26.0 Å². The van der Waals surface area contributed by atoms with Gasteiger partial charge in [-0.2, -0.15) is 0 Å². The maximum absolute atomic E-state index is 13.5. The number of rotatable bonds is 23. The Labute approximate surface area is 296 Å². The molecule has 1 aromatic rings. The van der Waals surface area contributed by atoms with E-state index in [4.69, 9.17) is 22.9 Å². The molecule has 0 radical (unpaired) electrons. The molecule has 6 amide bonds. The van der Waals surface area contributed by atoms with Crippen molar-refractivity contribution in [2.24, 2.45) is 33.8 Å². The van der Waals surface area contributed by atoms with E-state index in [-0.39, 0.29) is 44.1 Å². The molecule has 0 aliphatic heterocycles. The minimum atomic E-state index is -1.69. The van der Waals surface area contributed by atoms with Crippen molar-refractivity contribution in [3.05, 3.63) is 29.8 Å². The van der Waals surface area contributed by atoms with Crippen molar-refractivity contribution in [1.82, 2.24) is 26.6 Å². The van der Waals surface area contributed by atoms with Crippen molar-refractivity contribution in [1.29, 1.82) is 0 Å². The predicted octanol–water partition coefficient (Wildman–Crippen LogP) is -2.82. The van der Waals surface area contributed by atoms with Crippen LogP contribution >= 0.6 is 0 Å². The number of primary amides is 1. The average molecular weight is 721 g/mol. The van der Waals surface area contributed by atoms with Crippen LogP contribution in [-0.4, -0.2) is 101 Å². The second kappa shape index (κ2) is 22.3. The van der Waals surface area contributed by atoms with Crippen molar-refractivity contribution in [3.8, 4) is 5.75 Å². The lowest BCUT2D eigenvalue weighted by atomic mass is 10.00. The number of nitrogens with one attached hydrogen (secondary N) is 5. The fourth-order valence-electron chi connectivity index (χ4n) is 4.85. The molecule has 0 aromatic heterocycles. The molecule has 1 aromatic carbocycles. The number of phenolic OH excluding ortho intramolecular Hbond substituents is 1. The highest BCUT2D eigenvalue weighted by atomic mass is 16.4. The fraction of sp³-hybridized carbons (Fsp3) is 0.562. The number of carboxylic acids is 1. The molecule has 0 heterocycles. The van der Waals surface area contributed by atoms with E-state index in [1.165, 1.54) is 19.1 Å². The number of carboxylic acid groups (broad SMARTS) is 1. The Kier molecular flexibility index (Phi) is 19.0. The molecule has 0 aliphatic carbocycles. The van der Waals surface area contributed by atoms with Crippen LogP contribution in [0.1, 0.15) is 64.9 Å². The summed E-state index contributed by atoms with van der Waals surface area (Å²) in [4.78, 5) is 93.1. The Balaban J connectivity index is 3.18.